The van der Waals surface area contributed by atoms with Gasteiger partial charge in [0, 0.05) is 0 Å². The summed E-state index contributed by atoms with van der Waals surface area (Å²) in [4.78, 5) is 36.9. The van der Waals surface area contributed by atoms with E-state index in [1.54, 1.807) is 31.2 Å². The van der Waals surface area contributed by atoms with Gasteiger partial charge >= 0.3 is 5.97 Å². The Morgan fingerprint density at radius 3 is 2.68 bits per heavy atom. The van der Waals surface area contributed by atoms with Gasteiger partial charge in [-0.2, -0.15) is 0 Å². The molecule has 0 aromatic heterocycles. The SMILES string of the molecule is CCOC(=O)CN1C(=O)SC(=Cc2ccc(OC(C)C)c(Br)c2)C1=O. The topological polar surface area (TPSA) is 72.9 Å². The minimum Gasteiger partial charge on any atom is -0.490 e. The highest BCUT2D eigenvalue weighted by molar-refractivity contribution is 9.10. The Balaban J connectivity index is 2.16. The molecule has 0 bridgehead atoms. The molecule has 134 valence electrons. The number of halogens is 1. The summed E-state index contributed by atoms with van der Waals surface area (Å²) < 4.78 is 11.2. The van der Waals surface area contributed by atoms with Gasteiger partial charge < -0.3 is 9.47 Å². The van der Waals surface area contributed by atoms with Crippen molar-refractivity contribution in [1.82, 2.24) is 4.90 Å². The minimum atomic E-state index is -0.607. The maximum Gasteiger partial charge on any atom is 0.326 e. The molecular formula is C17H18BrNO5S. The van der Waals surface area contributed by atoms with Crippen LogP contribution in [-0.2, 0) is 14.3 Å². The molecule has 8 heteroatoms. The van der Waals surface area contributed by atoms with Crippen LogP contribution in [0.5, 0.6) is 5.75 Å². The molecule has 2 amide bonds. The van der Waals surface area contributed by atoms with E-state index in [9.17, 15) is 14.4 Å². The van der Waals surface area contributed by atoms with Crippen molar-refractivity contribution >= 4 is 50.9 Å². The third-order valence-electron chi connectivity index (χ3n) is 3.08. The molecule has 1 aromatic rings. The molecule has 0 aliphatic carbocycles. The molecule has 1 heterocycles. The molecule has 1 aliphatic rings. The van der Waals surface area contributed by atoms with Crippen LogP contribution in [0.2, 0.25) is 0 Å². The fourth-order valence-electron chi connectivity index (χ4n) is 2.08. The predicted octanol–water partition coefficient (Wildman–Crippen LogP) is 3.84. The molecular weight excluding hydrogens is 410 g/mol. The van der Waals surface area contributed by atoms with Crippen molar-refractivity contribution in [1.29, 1.82) is 0 Å². The summed E-state index contributed by atoms with van der Waals surface area (Å²) in [6.07, 6.45) is 1.65. The third-order valence-corrected chi connectivity index (χ3v) is 4.61. The Bertz CT molecular complexity index is 732. The summed E-state index contributed by atoms with van der Waals surface area (Å²) in [7, 11) is 0. The van der Waals surface area contributed by atoms with Crippen LogP contribution < -0.4 is 4.74 Å². The normalized spacial score (nSPS) is 16.0. The van der Waals surface area contributed by atoms with E-state index in [4.69, 9.17) is 9.47 Å². The van der Waals surface area contributed by atoms with Crippen LogP contribution >= 0.6 is 27.7 Å². The van der Waals surface area contributed by atoms with E-state index in [1.165, 1.54) is 0 Å². The van der Waals surface area contributed by atoms with E-state index in [1.807, 2.05) is 13.8 Å². The van der Waals surface area contributed by atoms with Crippen LogP contribution in [0.1, 0.15) is 26.3 Å². The number of benzene rings is 1. The van der Waals surface area contributed by atoms with Crippen LogP contribution in [0.25, 0.3) is 6.08 Å². The molecule has 25 heavy (non-hydrogen) atoms. The highest BCUT2D eigenvalue weighted by Gasteiger charge is 2.36. The number of carbonyl (C=O) groups is 3. The predicted molar refractivity (Wildman–Crippen MR) is 99.2 cm³/mol. The quantitative estimate of drug-likeness (QED) is 0.507. The Hall–Kier alpha value is -1.80. The van der Waals surface area contributed by atoms with Crippen LogP contribution in [0.15, 0.2) is 27.6 Å². The highest BCUT2D eigenvalue weighted by Crippen LogP contribution is 2.34. The van der Waals surface area contributed by atoms with Crippen molar-refractivity contribution in [2.75, 3.05) is 13.2 Å². The second-order valence-corrected chi connectivity index (χ2v) is 7.28. The van der Waals surface area contributed by atoms with Crippen LogP contribution in [-0.4, -0.2) is 41.3 Å². The number of ether oxygens (including phenoxy) is 2. The number of amides is 2. The van der Waals surface area contributed by atoms with Gasteiger partial charge in [0.2, 0.25) is 0 Å². The summed E-state index contributed by atoms with van der Waals surface area (Å²) in [6.45, 7) is 5.35. The lowest BCUT2D eigenvalue weighted by Crippen LogP contribution is -2.34. The highest BCUT2D eigenvalue weighted by atomic mass is 79.9. The van der Waals surface area contributed by atoms with Crippen molar-refractivity contribution in [3.63, 3.8) is 0 Å². The first-order valence-corrected chi connectivity index (χ1v) is 9.30. The zero-order chi connectivity index (χ0) is 18.6. The number of imide groups is 1. The maximum atomic E-state index is 12.3. The molecule has 0 spiro atoms. The molecule has 0 saturated carbocycles. The van der Waals surface area contributed by atoms with Crippen molar-refractivity contribution in [2.45, 2.75) is 26.9 Å². The van der Waals surface area contributed by atoms with E-state index >= 15 is 0 Å². The third kappa shape index (κ3) is 5.09. The first kappa shape index (κ1) is 19.5. The van der Waals surface area contributed by atoms with E-state index in [2.05, 4.69) is 15.9 Å². The van der Waals surface area contributed by atoms with Gasteiger partial charge in [0.15, 0.2) is 0 Å². The minimum absolute atomic E-state index is 0.0431. The molecule has 6 nitrogen and oxygen atoms in total. The monoisotopic (exact) mass is 427 g/mol. The Labute approximate surface area is 158 Å². The van der Waals surface area contributed by atoms with E-state index in [-0.39, 0.29) is 24.2 Å². The average Bonchev–Trinajstić information content (AvgIpc) is 2.77. The summed E-state index contributed by atoms with van der Waals surface area (Å²) in [5.74, 6) is -0.409. The summed E-state index contributed by atoms with van der Waals surface area (Å²) in [5.41, 5.74) is 0.740. The summed E-state index contributed by atoms with van der Waals surface area (Å²) in [6, 6.07) is 5.39. The first-order valence-electron chi connectivity index (χ1n) is 7.69. The second kappa shape index (κ2) is 8.53. The van der Waals surface area contributed by atoms with Gasteiger partial charge in [0.1, 0.15) is 12.3 Å². The largest absolute Gasteiger partial charge is 0.490 e. The van der Waals surface area contributed by atoms with Gasteiger partial charge in [-0.1, -0.05) is 6.07 Å². The van der Waals surface area contributed by atoms with Gasteiger partial charge in [-0.05, 0) is 72.2 Å². The smallest absolute Gasteiger partial charge is 0.326 e. The van der Waals surface area contributed by atoms with Gasteiger partial charge in [-0.15, -0.1) is 0 Å². The van der Waals surface area contributed by atoms with Gasteiger partial charge in [-0.25, -0.2) is 0 Å². The molecule has 1 aromatic carbocycles. The van der Waals surface area contributed by atoms with Crippen molar-refractivity contribution < 1.29 is 23.9 Å². The Morgan fingerprint density at radius 2 is 2.08 bits per heavy atom. The van der Waals surface area contributed by atoms with E-state index in [0.717, 1.165) is 26.7 Å². The van der Waals surface area contributed by atoms with Crippen LogP contribution in [0.4, 0.5) is 4.79 Å². The Morgan fingerprint density at radius 1 is 1.36 bits per heavy atom. The standard InChI is InChI=1S/C17H18BrNO5S/c1-4-23-15(20)9-19-16(21)14(25-17(19)22)8-11-5-6-13(12(18)7-11)24-10(2)3/h5-8,10H,4,9H2,1-3H3. The molecule has 0 unspecified atom stereocenters. The molecule has 2 rings (SSSR count). The first-order chi connectivity index (χ1) is 11.8. The molecule has 0 atom stereocenters. The average molecular weight is 428 g/mol. The van der Waals surface area contributed by atoms with Crippen molar-refractivity contribution in [3.05, 3.63) is 33.1 Å². The van der Waals surface area contributed by atoms with Crippen LogP contribution in [0.3, 0.4) is 0 Å². The lowest BCUT2D eigenvalue weighted by Gasteiger charge is -2.12. The van der Waals surface area contributed by atoms with E-state index in [0.29, 0.717) is 5.75 Å². The molecule has 0 radical (unpaired) electrons. The number of nitrogens with zero attached hydrogens (tertiary/aromatic N) is 1. The van der Waals surface area contributed by atoms with E-state index < -0.39 is 17.1 Å². The Kier molecular flexibility index (Phi) is 6.66. The molecule has 1 aliphatic heterocycles. The summed E-state index contributed by atoms with van der Waals surface area (Å²) >= 11 is 4.23. The second-order valence-electron chi connectivity index (χ2n) is 5.43. The molecule has 1 saturated heterocycles. The molecule has 0 N–H and O–H groups in total. The van der Waals surface area contributed by atoms with Crippen molar-refractivity contribution in [3.8, 4) is 5.75 Å². The zero-order valence-electron chi connectivity index (χ0n) is 14.1. The number of hydrogen-bond acceptors (Lipinski definition) is 6. The number of esters is 1. The lowest BCUT2D eigenvalue weighted by atomic mass is 10.2. The number of thioether (sulfide) groups is 1. The van der Waals surface area contributed by atoms with Crippen LogP contribution in [0, 0.1) is 0 Å². The fourth-order valence-corrected chi connectivity index (χ4v) is 3.41. The van der Waals surface area contributed by atoms with Gasteiger partial charge in [0.05, 0.1) is 22.1 Å². The van der Waals surface area contributed by atoms with Gasteiger partial charge in [-0.3, -0.25) is 19.3 Å². The number of carbonyl (C=O) groups excluding carboxylic acids is 3. The fraction of sp³-hybridized carbons (Fsp3) is 0.353. The van der Waals surface area contributed by atoms with Gasteiger partial charge in [0.25, 0.3) is 11.1 Å². The number of hydrogen-bond donors (Lipinski definition) is 0. The summed E-state index contributed by atoms with van der Waals surface area (Å²) in [5, 5.41) is -0.483. The lowest BCUT2D eigenvalue weighted by molar-refractivity contribution is -0.145. The maximum absolute atomic E-state index is 12.3. The zero-order valence-corrected chi connectivity index (χ0v) is 16.5. The number of rotatable bonds is 6. The van der Waals surface area contributed by atoms with Crippen molar-refractivity contribution in [2.24, 2.45) is 0 Å². The molecule has 1 fully saturated rings.